The van der Waals surface area contributed by atoms with Gasteiger partial charge in [-0.15, -0.1) is 0 Å². The molecule has 0 aliphatic heterocycles. The Morgan fingerprint density at radius 3 is 2.06 bits per heavy atom. The summed E-state index contributed by atoms with van der Waals surface area (Å²) in [6.45, 7) is 5.73. The summed E-state index contributed by atoms with van der Waals surface area (Å²) in [5.74, 6) is 2.57. The zero-order valence-electron chi connectivity index (χ0n) is 18.4. The smallest absolute Gasteiger partial charge is 0.314 e. The van der Waals surface area contributed by atoms with Gasteiger partial charge in [0.15, 0.2) is 0 Å². The van der Waals surface area contributed by atoms with E-state index in [1.165, 1.54) is 31.7 Å². The van der Waals surface area contributed by atoms with Gasteiger partial charge in [0.2, 0.25) is 0 Å². The topological polar surface area (TPSA) is 38.7 Å². The molecule has 164 valence electrons. The number of hydrogen-bond donors (Lipinski definition) is 0. The van der Waals surface area contributed by atoms with E-state index in [0.717, 1.165) is 54.6 Å². The fourth-order valence-electron chi connectivity index (χ4n) is 5.31. The van der Waals surface area contributed by atoms with E-state index >= 15 is 0 Å². The lowest BCUT2D eigenvalue weighted by atomic mass is 9.69. The molecule has 4 heteroatoms. The molecule has 0 spiro atoms. The van der Waals surface area contributed by atoms with E-state index in [0.29, 0.717) is 5.75 Å². The summed E-state index contributed by atoms with van der Waals surface area (Å²) in [6.07, 6.45) is 9.65. The normalized spacial score (nSPS) is 26.3. The summed E-state index contributed by atoms with van der Waals surface area (Å²) in [7, 11) is 0. The van der Waals surface area contributed by atoms with Gasteiger partial charge in [-0.05, 0) is 98.4 Å². The molecular weight excluding hydrogens is 389 g/mol. The highest BCUT2D eigenvalue weighted by Crippen LogP contribution is 2.41. The summed E-state index contributed by atoms with van der Waals surface area (Å²) < 4.78 is 19.6. The highest BCUT2D eigenvalue weighted by atomic mass is 19.1. The molecule has 0 aromatic heterocycles. The lowest BCUT2D eigenvalue weighted by Gasteiger charge is -2.36. The van der Waals surface area contributed by atoms with Crippen molar-refractivity contribution in [2.24, 2.45) is 28.7 Å². The molecule has 0 saturated heterocycles. The summed E-state index contributed by atoms with van der Waals surface area (Å²) in [5.41, 5.74) is 1.84. The first-order chi connectivity index (χ1) is 15.0. The van der Waals surface area contributed by atoms with Gasteiger partial charge >= 0.3 is 5.97 Å². The fraction of sp³-hybridized carbons (Fsp3) is 0.481. The summed E-state index contributed by atoms with van der Waals surface area (Å²) >= 11 is 0. The molecular formula is C27H32FNO2. The Bertz CT molecular complexity index is 907. The molecule has 0 amide bonds. The predicted octanol–water partition coefficient (Wildman–Crippen LogP) is 7.36. The van der Waals surface area contributed by atoms with Gasteiger partial charge in [0.25, 0.3) is 0 Å². The minimum absolute atomic E-state index is 0.00600. The van der Waals surface area contributed by atoms with E-state index < -0.39 is 5.82 Å². The molecule has 4 rings (SSSR count). The zero-order chi connectivity index (χ0) is 21.8. The van der Waals surface area contributed by atoms with Crippen LogP contribution in [-0.2, 0) is 4.79 Å². The molecule has 0 N–H and O–H groups in total. The molecule has 2 saturated carbocycles. The Hall–Kier alpha value is -2.49. The maximum atomic E-state index is 14.0. The first kappa shape index (κ1) is 21.7. The summed E-state index contributed by atoms with van der Waals surface area (Å²) in [4.78, 5) is 16.3. The molecule has 31 heavy (non-hydrogen) atoms. The Morgan fingerprint density at radius 2 is 1.48 bits per heavy atom. The van der Waals surface area contributed by atoms with Crippen LogP contribution < -0.4 is 4.74 Å². The Balaban J connectivity index is 1.30. The van der Waals surface area contributed by atoms with Gasteiger partial charge in [0.05, 0.1) is 11.6 Å². The van der Waals surface area contributed by atoms with Gasteiger partial charge in [-0.25, -0.2) is 4.39 Å². The standard InChI is InChI=1S/C27H32FNO2/c1-18-3-5-19(6-4-18)20-7-9-22(10-8-20)27(30)31-24-14-11-21(12-15-24)23-13-16-26(29-2)25(28)17-23/h11-20,22H,2-10H2,1H3. The Labute approximate surface area is 184 Å². The number of carbonyl (C=O) groups is 1. The van der Waals surface area contributed by atoms with Crippen LogP contribution >= 0.6 is 0 Å². The van der Waals surface area contributed by atoms with Crippen molar-refractivity contribution in [1.82, 2.24) is 0 Å². The number of ether oxygens (including phenoxy) is 1. The van der Waals surface area contributed by atoms with E-state index in [9.17, 15) is 9.18 Å². The molecule has 2 aliphatic carbocycles. The molecule has 0 radical (unpaired) electrons. The van der Waals surface area contributed by atoms with Crippen LogP contribution in [0.3, 0.4) is 0 Å². The third-order valence-electron chi connectivity index (χ3n) is 7.36. The van der Waals surface area contributed by atoms with Crippen molar-refractivity contribution < 1.29 is 13.9 Å². The molecule has 0 heterocycles. The van der Waals surface area contributed by atoms with Crippen molar-refractivity contribution >= 4 is 18.4 Å². The van der Waals surface area contributed by atoms with Gasteiger partial charge in [0, 0.05) is 0 Å². The Morgan fingerprint density at radius 1 is 0.903 bits per heavy atom. The average molecular weight is 422 g/mol. The number of rotatable bonds is 5. The highest BCUT2D eigenvalue weighted by Gasteiger charge is 2.33. The van der Waals surface area contributed by atoms with E-state index in [1.54, 1.807) is 24.3 Å². The van der Waals surface area contributed by atoms with Crippen LogP contribution in [0.25, 0.3) is 11.1 Å². The van der Waals surface area contributed by atoms with Crippen LogP contribution in [0.2, 0.25) is 0 Å². The van der Waals surface area contributed by atoms with Crippen molar-refractivity contribution in [3.8, 4) is 16.9 Å². The van der Waals surface area contributed by atoms with Crippen LogP contribution in [0.15, 0.2) is 47.5 Å². The second-order valence-electron chi connectivity index (χ2n) is 9.40. The predicted molar refractivity (Wildman–Crippen MR) is 123 cm³/mol. The monoisotopic (exact) mass is 421 g/mol. The number of aliphatic imine (C=N–C) groups is 1. The van der Waals surface area contributed by atoms with Crippen LogP contribution in [0.4, 0.5) is 10.1 Å². The molecule has 0 atom stereocenters. The third-order valence-corrected chi connectivity index (χ3v) is 7.36. The van der Waals surface area contributed by atoms with Gasteiger partial charge in [-0.3, -0.25) is 9.79 Å². The molecule has 2 fully saturated rings. The van der Waals surface area contributed by atoms with Crippen LogP contribution in [0, 0.1) is 29.5 Å². The van der Waals surface area contributed by atoms with Crippen LogP contribution in [-0.4, -0.2) is 12.7 Å². The van der Waals surface area contributed by atoms with Crippen molar-refractivity contribution in [3.05, 3.63) is 48.3 Å². The van der Waals surface area contributed by atoms with E-state index in [1.807, 2.05) is 12.1 Å². The minimum atomic E-state index is -0.402. The molecule has 2 aliphatic rings. The number of halogens is 1. The SMILES string of the molecule is C=Nc1ccc(-c2ccc(OC(=O)C3CCC(C4CCC(C)CC4)CC3)cc2)cc1F. The van der Waals surface area contributed by atoms with Gasteiger partial charge in [-0.1, -0.05) is 38.0 Å². The van der Waals surface area contributed by atoms with Crippen molar-refractivity contribution in [2.45, 2.75) is 58.3 Å². The lowest BCUT2D eigenvalue weighted by Crippen LogP contribution is -2.29. The fourth-order valence-corrected chi connectivity index (χ4v) is 5.31. The van der Waals surface area contributed by atoms with E-state index in [4.69, 9.17) is 4.74 Å². The lowest BCUT2D eigenvalue weighted by molar-refractivity contribution is -0.140. The minimum Gasteiger partial charge on any atom is -0.426 e. The highest BCUT2D eigenvalue weighted by molar-refractivity contribution is 5.75. The molecule has 2 aromatic carbocycles. The molecule has 3 nitrogen and oxygen atoms in total. The first-order valence-corrected chi connectivity index (χ1v) is 11.6. The quantitative estimate of drug-likeness (QED) is 0.287. The second kappa shape index (κ2) is 9.76. The van der Waals surface area contributed by atoms with Gasteiger partial charge in [-0.2, -0.15) is 0 Å². The molecule has 0 unspecified atom stereocenters. The van der Waals surface area contributed by atoms with E-state index in [-0.39, 0.29) is 17.6 Å². The second-order valence-corrected chi connectivity index (χ2v) is 9.40. The first-order valence-electron chi connectivity index (χ1n) is 11.6. The van der Waals surface area contributed by atoms with Gasteiger partial charge < -0.3 is 4.74 Å². The molecule has 0 bridgehead atoms. The maximum Gasteiger partial charge on any atom is 0.314 e. The summed E-state index contributed by atoms with van der Waals surface area (Å²) in [6, 6.07) is 12.1. The molecule has 2 aromatic rings. The van der Waals surface area contributed by atoms with Crippen molar-refractivity contribution in [3.63, 3.8) is 0 Å². The largest absolute Gasteiger partial charge is 0.426 e. The number of esters is 1. The van der Waals surface area contributed by atoms with Crippen LogP contribution in [0.1, 0.15) is 58.3 Å². The number of hydrogen-bond acceptors (Lipinski definition) is 3. The number of nitrogens with zero attached hydrogens (tertiary/aromatic N) is 1. The zero-order valence-corrected chi connectivity index (χ0v) is 18.4. The van der Waals surface area contributed by atoms with Crippen molar-refractivity contribution in [1.29, 1.82) is 0 Å². The van der Waals surface area contributed by atoms with E-state index in [2.05, 4.69) is 18.6 Å². The summed E-state index contributed by atoms with van der Waals surface area (Å²) in [5, 5.41) is 0. The van der Waals surface area contributed by atoms with Crippen molar-refractivity contribution in [2.75, 3.05) is 0 Å². The van der Waals surface area contributed by atoms with Gasteiger partial charge in [0.1, 0.15) is 11.6 Å². The maximum absolute atomic E-state index is 14.0. The number of carbonyl (C=O) groups excluding carboxylic acids is 1. The third kappa shape index (κ3) is 5.23. The Kier molecular flexibility index (Phi) is 6.84. The number of benzene rings is 2. The van der Waals surface area contributed by atoms with Crippen LogP contribution in [0.5, 0.6) is 5.75 Å². The average Bonchev–Trinajstić information content (AvgIpc) is 2.80.